The van der Waals surface area contributed by atoms with Gasteiger partial charge in [-0.15, -0.1) is 11.3 Å². The average Bonchev–Trinajstić information content (AvgIpc) is 2.92. The second-order valence-corrected chi connectivity index (χ2v) is 6.82. The molecular formula is C17H20N4O3S. The maximum Gasteiger partial charge on any atom is 0.341 e. The number of amides is 2. The molecule has 0 fully saturated rings. The van der Waals surface area contributed by atoms with Crippen LogP contribution in [0.4, 0.5) is 15.6 Å². The molecule has 2 aromatic rings. The Labute approximate surface area is 150 Å². The van der Waals surface area contributed by atoms with Gasteiger partial charge in [-0.1, -0.05) is 6.07 Å². The van der Waals surface area contributed by atoms with Crippen LogP contribution in [-0.2, 0) is 17.7 Å². The second-order valence-electron chi connectivity index (χ2n) is 5.71. The molecular weight excluding hydrogens is 340 g/mol. The molecule has 0 atom stereocenters. The van der Waals surface area contributed by atoms with Crippen LogP contribution in [0.3, 0.4) is 0 Å². The van der Waals surface area contributed by atoms with Gasteiger partial charge in [-0.05, 0) is 38.1 Å². The second kappa shape index (κ2) is 7.62. The zero-order valence-electron chi connectivity index (χ0n) is 14.2. The third-order valence-electron chi connectivity index (χ3n) is 3.86. The fraction of sp³-hybridized carbons (Fsp3) is 0.353. The van der Waals surface area contributed by atoms with Crippen molar-refractivity contribution in [1.82, 2.24) is 9.88 Å². The molecule has 0 aromatic carbocycles. The summed E-state index contributed by atoms with van der Waals surface area (Å²) in [5.74, 6) is 0.0522. The first-order valence-electron chi connectivity index (χ1n) is 8.07. The number of rotatable bonds is 4. The van der Waals surface area contributed by atoms with Crippen LogP contribution < -0.4 is 10.6 Å². The highest BCUT2D eigenvalue weighted by molar-refractivity contribution is 7.17. The molecule has 7 nitrogen and oxygen atoms in total. The lowest BCUT2D eigenvalue weighted by Crippen LogP contribution is -2.26. The van der Waals surface area contributed by atoms with Crippen molar-refractivity contribution in [3.8, 4) is 0 Å². The van der Waals surface area contributed by atoms with E-state index in [0.29, 0.717) is 23.0 Å². The van der Waals surface area contributed by atoms with Gasteiger partial charge in [0.2, 0.25) is 0 Å². The topological polar surface area (TPSA) is 83.6 Å². The van der Waals surface area contributed by atoms with Crippen molar-refractivity contribution in [2.24, 2.45) is 0 Å². The van der Waals surface area contributed by atoms with Crippen LogP contribution in [0.5, 0.6) is 0 Å². The van der Waals surface area contributed by atoms with Gasteiger partial charge in [-0.3, -0.25) is 10.6 Å². The van der Waals surface area contributed by atoms with Gasteiger partial charge in [0.1, 0.15) is 10.8 Å². The molecule has 8 heteroatoms. The van der Waals surface area contributed by atoms with Crippen LogP contribution in [0, 0.1) is 0 Å². The van der Waals surface area contributed by atoms with Crippen molar-refractivity contribution >= 4 is 34.2 Å². The van der Waals surface area contributed by atoms with Crippen molar-refractivity contribution in [1.29, 1.82) is 0 Å². The lowest BCUT2D eigenvalue weighted by Gasteiger charge is -2.22. The van der Waals surface area contributed by atoms with Crippen molar-refractivity contribution < 1.29 is 14.3 Å². The summed E-state index contributed by atoms with van der Waals surface area (Å²) in [6.07, 6.45) is 2.36. The summed E-state index contributed by atoms with van der Waals surface area (Å²) in [6.45, 7) is 3.69. The predicted octanol–water partition coefficient (Wildman–Crippen LogP) is 2.95. The van der Waals surface area contributed by atoms with Crippen LogP contribution in [0.1, 0.15) is 27.7 Å². The Morgan fingerprint density at radius 2 is 2.20 bits per heavy atom. The van der Waals surface area contributed by atoms with Crippen molar-refractivity contribution in [3.63, 3.8) is 0 Å². The number of anilines is 2. The molecule has 132 valence electrons. The number of carbonyl (C=O) groups is 2. The summed E-state index contributed by atoms with van der Waals surface area (Å²) in [7, 11) is 2.04. The van der Waals surface area contributed by atoms with Crippen LogP contribution >= 0.6 is 11.3 Å². The number of aromatic nitrogens is 1. The zero-order chi connectivity index (χ0) is 17.8. The van der Waals surface area contributed by atoms with Gasteiger partial charge in [0, 0.05) is 24.2 Å². The number of hydrogen-bond acceptors (Lipinski definition) is 6. The monoisotopic (exact) mass is 360 g/mol. The first-order chi connectivity index (χ1) is 12.1. The maximum absolute atomic E-state index is 12.4. The van der Waals surface area contributed by atoms with Gasteiger partial charge in [-0.2, -0.15) is 0 Å². The minimum atomic E-state index is -0.434. The van der Waals surface area contributed by atoms with Gasteiger partial charge in [0.25, 0.3) is 0 Å². The van der Waals surface area contributed by atoms with E-state index < -0.39 is 12.0 Å². The molecule has 0 spiro atoms. The summed E-state index contributed by atoms with van der Waals surface area (Å²) in [5, 5.41) is 5.96. The lowest BCUT2D eigenvalue weighted by molar-refractivity contribution is 0.0526. The minimum absolute atomic E-state index is 0.295. The van der Waals surface area contributed by atoms with Gasteiger partial charge in [-0.25, -0.2) is 14.6 Å². The van der Waals surface area contributed by atoms with E-state index >= 15 is 0 Å². The third-order valence-corrected chi connectivity index (χ3v) is 4.99. The molecule has 25 heavy (non-hydrogen) atoms. The predicted molar refractivity (Wildman–Crippen MR) is 97.2 cm³/mol. The molecule has 1 aliphatic heterocycles. The highest BCUT2D eigenvalue weighted by Gasteiger charge is 2.28. The van der Waals surface area contributed by atoms with Crippen molar-refractivity contribution in [2.45, 2.75) is 19.9 Å². The molecule has 0 saturated carbocycles. The Bertz CT molecular complexity index is 776. The van der Waals surface area contributed by atoms with Crippen LogP contribution in [-0.4, -0.2) is 42.1 Å². The summed E-state index contributed by atoms with van der Waals surface area (Å²) >= 11 is 1.42. The van der Waals surface area contributed by atoms with Crippen LogP contribution in [0.2, 0.25) is 0 Å². The number of ether oxygens (including phenoxy) is 1. The quantitative estimate of drug-likeness (QED) is 0.819. The fourth-order valence-corrected chi connectivity index (χ4v) is 4.04. The Kier molecular flexibility index (Phi) is 5.30. The molecule has 0 bridgehead atoms. The number of nitrogens with zero attached hydrogens (tertiary/aromatic N) is 2. The number of likely N-dealkylation sites (N-methyl/N-ethyl adjacent to an activating group) is 1. The van der Waals surface area contributed by atoms with Crippen molar-refractivity contribution in [3.05, 3.63) is 40.4 Å². The average molecular weight is 360 g/mol. The molecule has 0 aliphatic carbocycles. The molecule has 3 heterocycles. The number of esters is 1. The van der Waals surface area contributed by atoms with E-state index in [1.165, 1.54) is 11.3 Å². The van der Waals surface area contributed by atoms with Gasteiger partial charge >= 0.3 is 12.0 Å². The number of pyridine rings is 1. The number of fused-ring (bicyclic) bond motifs is 1. The molecule has 2 amide bonds. The standard InChI is InChI=1S/C17H20N4O3S/c1-3-24-16(22)14-11-7-9-21(2)10-12(11)25-15(14)20-17(23)19-13-6-4-5-8-18-13/h4-6,8H,3,7,9-10H2,1-2H3,(H2,18,19,20,23). The largest absolute Gasteiger partial charge is 0.462 e. The number of thiophene rings is 1. The van der Waals surface area contributed by atoms with E-state index in [4.69, 9.17) is 4.74 Å². The number of nitrogens with one attached hydrogen (secondary N) is 2. The normalized spacial score (nSPS) is 13.8. The first kappa shape index (κ1) is 17.4. The Morgan fingerprint density at radius 1 is 1.36 bits per heavy atom. The third kappa shape index (κ3) is 3.97. The molecule has 2 N–H and O–H groups in total. The van der Waals surface area contributed by atoms with Gasteiger partial charge < -0.3 is 9.64 Å². The summed E-state index contributed by atoms with van der Waals surface area (Å²) in [6, 6.07) is 4.81. The van der Waals surface area contributed by atoms with E-state index in [9.17, 15) is 9.59 Å². The summed E-state index contributed by atoms with van der Waals surface area (Å²) in [5.41, 5.74) is 1.46. The highest BCUT2D eigenvalue weighted by atomic mass is 32.1. The van der Waals surface area contributed by atoms with E-state index in [1.54, 1.807) is 31.3 Å². The molecule has 1 aliphatic rings. The van der Waals surface area contributed by atoms with Crippen LogP contribution in [0.25, 0.3) is 0 Å². The van der Waals surface area contributed by atoms with Gasteiger partial charge in [0.15, 0.2) is 0 Å². The Balaban J connectivity index is 1.84. The molecule has 3 rings (SSSR count). The smallest absolute Gasteiger partial charge is 0.341 e. The van der Waals surface area contributed by atoms with Crippen LogP contribution in [0.15, 0.2) is 24.4 Å². The SMILES string of the molecule is CCOC(=O)c1c(NC(=O)Nc2ccccn2)sc2c1CCN(C)C2. The fourth-order valence-electron chi connectivity index (χ4n) is 2.73. The number of urea groups is 1. The Morgan fingerprint density at radius 3 is 2.92 bits per heavy atom. The van der Waals surface area contributed by atoms with E-state index in [0.717, 1.165) is 30.0 Å². The molecule has 0 saturated heterocycles. The van der Waals surface area contributed by atoms with E-state index in [1.807, 2.05) is 7.05 Å². The van der Waals surface area contributed by atoms with Crippen molar-refractivity contribution in [2.75, 3.05) is 30.8 Å². The molecule has 0 unspecified atom stereocenters. The Hall–Kier alpha value is -2.45. The number of carbonyl (C=O) groups excluding carboxylic acids is 2. The minimum Gasteiger partial charge on any atom is -0.462 e. The van der Waals surface area contributed by atoms with E-state index in [2.05, 4.69) is 20.5 Å². The maximum atomic E-state index is 12.4. The van der Waals surface area contributed by atoms with E-state index in [-0.39, 0.29) is 0 Å². The molecule has 2 aromatic heterocycles. The zero-order valence-corrected chi connectivity index (χ0v) is 15.0. The highest BCUT2D eigenvalue weighted by Crippen LogP contribution is 2.37. The molecule has 0 radical (unpaired) electrons. The lowest BCUT2D eigenvalue weighted by atomic mass is 10.0. The number of hydrogen-bond donors (Lipinski definition) is 2. The summed E-state index contributed by atoms with van der Waals surface area (Å²) in [4.78, 5) is 32.0. The summed E-state index contributed by atoms with van der Waals surface area (Å²) < 4.78 is 5.19. The first-order valence-corrected chi connectivity index (χ1v) is 8.89. The van der Waals surface area contributed by atoms with Gasteiger partial charge in [0.05, 0.1) is 12.2 Å².